The molecule has 0 spiro atoms. The van der Waals surface area contributed by atoms with Gasteiger partial charge in [-0.15, -0.1) is 12.8 Å². The van der Waals surface area contributed by atoms with Crippen LogP contribution in [0.3, 0.4) is 0 Å². The van der Waals surface area contributed by atoms with Crippen molar-refractivity contribution >= 4 is 0 Å². The highest BCUT2D eigenvalue weighted by atomic mass is 13.0. The smallest absolute Gasteiger partial charge is 0.0228 e. The van der Waals surface area contributed by atoms with E-state index in [1.165, 1.54) is 0 Å². The molecule has 0 unspecified atom stereocenters. The van der Waals surface area contributed by atoms with E-state index in [2.05, 4.69) is 12.8 Å². The van der Waals surface area contributed by atoms with Gasteiger partial charge >= 0.3 is 0 Å². The first-order chi connectivity index (χ1) is 4.25. The molecule has 0 heterocycles. The Labute approximate surface area is 36.3 Å². The Kier molecular flexibility index (Phi) is 3.28. The normalized spacial score (nSPS) is 30.5. The number of rotatable bonds is 0. The van der Waals surface area contributed by atoms with E-state index in [4.69, 9.17) is 8.22 Å². The van der Waals surface area contributed by atoms with Crippen LogP contribution in [0.1, 0.15) is 21.9 Å². The molecule has 0 heteroatoms. The predicted octanol–water partition coefficient (Wildman–Crippen LogP) is 1.28. The second kappa shape index (κ2) is 32.2. The molecule has 0 aliphatic carbocycles. The molecule has 0 saturated carbocycles. The van der Waals surface area contributed by atoms with Crippen molar-refractivity contribution in [1.82, 2.24) is 0 Å². The lowest BCUT2D eigenvalue weighted by molar-refractivity contribution is 1.50. The minimum absolute atomic E-state index is 2.81. The maximum absolute atomic E-state index is 6.35. The second-order valence-electron chi connectivity index (χ2n) is 0. The monoisotopic (exact) mass is 68.1 g/mol. The minimum atomic E-state index is -2.81. The maximum Gasteiger partial charge on any atom is 0.0228 e. The van der Waals surface area contributed by atoms with Crippen LogP contribution in [0.5, 0.6) is 0 Å². The summed E-state index contributed by atoms with van der Waals surface area (Å²) in [6.45, 7) is -5.62. The molecule has 0 N–H and O–H groups in total. The highest BCUT2D eigenvalue weighted by Crippen LogP contribution is 1.14. The van der Waals surface area contributed by atoms with Crippen LogP contribution in [-0.2, 0) is 0 Å². The third-order valence-electron chi connectivity index (χ3n) is 0. The Hall–Kier alpha value is -0.440. The summed E-state index contributed by atoms with van der Waals surface area (Å²) in [6.07, 6.45) is 8.00. The Balaban J connectivity index is 0. The summed E-state index contributed by atoms with van der Waals surface area (Å²) in [7, 11) is 0. The molecule has 0 amide bonds. The van der Waals surface area contributed by atoms with E-state index in [1.54, 1.807) is 0 Å². The van der Waals surface area contributed by atoms with Crippen LogP contribution in [0.25, 0.3) is 0 Å². The molecular formula is C4H8. The summed E-state index contributed by atoms with van der Waals surface area (Å²) in [4.78, 5) is 0. The molecule has 0 atom stereocenters. The summed E-state index contributed by atoms with van der Waals surface area (Å²) < 4.78 is 38.1. The Morgan fingerprint density at radius 1 is 1.50 bits per heavy atom. The standard InChI is InChI=1S/C2H6.C2H2/c2*1-2/h1-2H3;1-2H/i1T3,2T3;. The van der Waals surface area contributed by atoms with Crippen molar-refractivity contribution in [3.63, 3.8) is 0 Å². The second-order valence-corrected chi connectivity index (χ2v) is 0. The van der Waals surface area contributed by atoms with Gasteiger partial charge in [-0.3, -0.25) is 0 Å². The van der Waals surface area contributed by atoms with E-state index < -0.39 is 13.7 Å². The van der Waals surface area contributed by atoms with Crippen LogP contribution in [0.4, 0.5) is 0 Å². The third-order valence-corrected chi connectivity index (χ3v) is 0. The van der Waals surface area contributed by atoms with Gasteiger partial charge in [0.25, 0.3) is 0 Å². The van der Waals surface area contributed by atoms with Crippen LogP contribution in [0.15, 0.2) is 0 Å². The van der Waals surface area contributed by atoms with Crippen molar-refractivity contribution in [2.45, 2.75) is 13.7 Å². The van der Waals surface area contributed by atoms with Crippen LogP contribution in [0.2, 0.25) is 0 Å². The first kappa shape index (κ1) is 0.408. The number of hydrogen-bond donors (Lipinski definition) is 0. The van der Waals surface area contributed by atoms with Crippen molar-refractivity contribution in [3.8, 4) is 12.8 Å². The van der Waals surface area contributed by atoms with Gasteiger partial charge in [0.1, 0.15) is 0 Å². The molecule has 0 aromatic rings. The highest BCUT2D eigenvalue weighted by Gasteiger charge is 0.932. The van der Waals surface area contributed by atoms with Gasteiger partial charge in [0.15, 0.2) is 0 Å². The van der Waals surface area contributed by atoms with Crippen molar-refractivity contribution in [1.29, 1.82) is 0 Å². The Morgan fingerprint density at radius 2 is 1.75 bits per heavy atom. The fourth-order valence-electron chi connectivity index (χ4n) is 0. The molecule has 0 radical (unpaired) electrons. The van der Waals surface area contributed by atoms with Crippen molar-refractivity contribution < 1.29 is 8.22 Å². The van der Waals surface area contributed by atoms with Gasteiger partial charge in [-0.1, -0.05) is 13.7 Å². The third kappa shape index (κ3) is 2.53. The average molecular weight is 68.2 g/mol. The topological polar surface area (TPSA) is 0 Å². The summed E-state index contributed by atoms with van der Waals surface area (Å²) in [5.41, 5.74) is 0. The first-order valence-electron chi connectivity index (χ1n) is 3.58. The van der Waals surface area contributed by atoms with E-state index in [-0.39, 0.29) is 0 Å². The van der Waals surface area contributed by atoms with Gasteiger partial charge in [0.05, 0.1) is 0 Å². The van der Waals surface area contributed by atoms with E-state index in [9.17, 15) is 0 Å². The zero-order chi connectivity index (χ0) is 9.00. The van der Waals surface area contributed by atoms with Crippen molar-refractivity contribution in [3.05, 3.63) is 0 Å². The van der Waals surface area contributed by atoms with Crippen molar-refractivity contribution in [2.75, 3.05) is 0 Å². The van der Waals surface area contributed by atoms with E-state index in [1.807, 2.05) is 0 Å². The summed E-state index contributed by atoms with van der Waals surface area (Å²) in [5, 5.41) is 0. The molecular weight excluding hydrogens is 48.0 g/mol. The molecule has 0 nitrogen and oxygen atoms in total. The van der Waals surface area contributed by atoms with Gasteiger partial charge in [-0.2, -0.15) is 0 Å². The minimum Gasteiger partial charge on any atom is -0.124 e. The Bertz CT molecular complexity index is 91.1. The molecule has 0 saturated heterocycles. The summed E-state index contributed by atoms with van der Waals surface area (Å²) in [6, 6.07) is 0. The van der Waals surface area contributed by atoms with Crippen LogP contribution in [0, 0.1) is 12.8 Å². The molecule has 0 fully saturated rings. The lowest BCUT2D eigenvalue weighted by atomic mass is 11.0. The molecule has 0 rings (SSSR count). The zero-order valence-corrected chi connectivity index (χ0v) is 2.15. The molecule has 0 aliphatic rings. The van der Waals surface area contributed by atoms with E-state index in [0.29, 0.717) is 0 Å². The van der Waals surface area contributed by atoms with Gasteiger partial charge in [-0.25, -0.2) is 0 Å². The number of terminal acetylenes is 1. The lowest BCUT2D eigenvalue weighted by Gasteiger charge is -1.07. The van der Waals surface area contributed by atoms with Gasteiger partial charge in [0.2, 0.25) is 0 Å². The highest BCUT2D eigenvalue weighted by molar-refractivity contribution is 4.47. The fraction of sp³-hybridized carbons (Fsp3) is 0.500. The summed E-state index contributed by atoms with van der Waals surface area (Å²) >= 11 is 0. The van der Waals surface area contributed by atoms with Crippen LogP contribution in [-0.4, -0.2) is 0 Å². The zero-order valence-electron chi connectivity index (χ0n) is 8.15. The maximum atomic E-state index is 6.35. The first-order valence-corrected chi connectivity index (χ1v) is 0.583. The van der Waals surface area contributed by atoms with Crippen LogP contribution < -0.4 is 0 Å². The SMILES string of the molecule is C#C.[3H]C([3H])([3H])C([3H])([3H])[3H]. The summed E-state index contributed by atoms with van der Waals surface area (Å²) in [5.74, 6) is 0. The van der Waals surface area contributed by atoms with Gasteiger partial charge < -0.3 is 0 Å². The van der Waals surface area contributed by atoms with E-state index in [0.717, 1.165) is 0 Å². The largest absolute Gasteiger partial charge is 0.124 e. The quantitative estimate of drug-likeness (QED) is 0.375. The fourth-order valence-corrected chi connectivity index (χ4v) is 0. The number of hydrogen-bond acceptors (Lipinski definition) is 0. The van der Waals surface area contributed by atoms with Crippen molar-refractivity contribution in [2.24, 2.45) is 0 Å². The molecule has 0 aromatic heterocycles. The Morgan fingerprint density at radius 3 is 1.75 bits per heavy atom. The lowest BCUT2D eigenvalue weighted by Crippen LogP contribution is -0.856. The van der Waals surface area contributed by atoms with Gasteiger partial charge in [-0.05, 0) is 0 Å². The molecule has 0 bridgehead atoms. The van der Waals surface area contributed by atoms with Crippen LogP contribution >= 0.6 is 0 Å². The average Bonchev–Trinajstić information content (AvgIpc) is 1.66. The predicted molar refractivity (Wildman–Crippen MR) is 21.2 cm³/mol. The van der Waals surface area contributed by atoms with E-state index >= 15 is 0 Å². The molecule has 24 valence electrons. The molecule has 0 aromatic carbocycles. The molecule has 0 aliphatic heterocycles. The molecule has 4 heavy (non-hydrogen) atoms. The van der Waals surface area contributed by atoms with Gasteiger partial charge in [0, 0.05) is 8.22 Å².